The van der Waals surface area contributed by atoms with E-state index < -0.39 is 5.60 Å². The molecule has 1 N–H and O–H groups in total. The van der Waals surface area contributed by atoms with E-state index in [4.69, 9.17) is 4.74 Å². The van der Waals surface area contributed by atoms with Crippen LogP contribution in [0.5, 0.6) is 0 Å². The number of carbonyl (C=O) groups excluding carboxylic acids is 3. The molecule has 0 saturated carbocycles. The number of methoxy groups -OCH3 is 1. The van der Waals surface area contributed by atoms with E-state index >= 15 is 0 Å². The van der Waals surface area contributed by atoms with Crippen LogP contribution in [-0.4, -0.2) is 78.0 Å². The van der Waals surface area contributed by atoms with E-state index in [1.165, 1.54) is 25.4 Å². The summed E-state index contributed by atoms with van der Waals surface area (Å²) in [5.41, 5.74) is -0.833. The number of thiophene rings is 1. The first-order valence-corrected chi connectivity index (χ1v) is 9.55. The maximum Gasteiger partial charge on any atom is 0.263 e. The Morgan fingerprint density at radius 3 is 2.42 bits per heavy atom. The van der Waals surface area contributed by atoms with Gasteiger partial charge in [-0.05, 0) is 31.9 Å². The molecule has 3 heterocycles. The molecule has 2 fully saturated rings. The van der Waals surface area contributed by atoms with E-state index in [2.05, 4.69) is 0 Å². The number of hydrogen-bond donors (Lipinski definition) is 1. The lowest BCUT2D eigenvalue weighted by molar-refractivity contribution is -0.148. The summed E-state index contributed by atoms with van der Waals surface area (Å²) in [6.07, 6.45) is 1.02. The molecule has 2 saturated heterocycles. The molecule has 2 atom stereocenters. The number of fused-ring (bicyclic) bond motifs is 1. The van der Waals surface area contributed by atoms with Crippen LogP contribution >= 0.6 is 11.3 Å². The Bertz CT molecular complexity index is 718. The molecule has 26 heavy (non-hydrogen) atoms. The molecule has 0 bridgehead atoms. The van der Waals surface area contributed by atoms with E-state index in [1.54, 1.807) is 21.9 Å². The van der Waals surface area contributed by atoms with E-state index in [-0.39, 0.29) is 30.1 Å². The highest BCUT2D eigenvalue weighted by molar-refractivity contribution is 7.15. The van der Waals surface area contributed by atoms with Crippen LogP contribution in [0, 0.1) is 5.92 Å². The van der Waals surface area contributed by atoms with Crippen molar-refractivity contribution in [3.8, 4) is 0 Å². The fourth-order valence-electron chi connectivity index (χ4n) is 3.73. The molecule has 2 amide bonds. The monoisotopic (exact) mass is 380 g/mol. The van der Waals surface area contributed by atoms with Crippen molar-refractivity contribution in [3.63, 3.8) is 0 Å². The minimum Gasteiger partial charge on any atom is -0.389 e. The second-order valence-electron chi connectivity index (χ2n) is 7.04. The molecular weight excluding hydrogens is 356 g/mol. The fourth-order valence-corrected chi connectivity index (χ4v) is 4.60. The number of carbonyl (C=O) groups is 3. The third-order valence-electron chi connectivity index (χ3n) is 5.34. The third-order valence-corrected chi connectivity index (χ3v) is 6.52. The van der Waals surface area contributed by atoms with Gasteiger partial charge in [0.1, 0.15) is 6.61 Å². The molecule has 1 aromatic heterocycles. The van der Waals surface area contributed by atoms with Crippen molar-refractivity contribution in [1.29, 1.82) is 0 Å². The van der Waals surface area contributed by atoms with Gasteiger partial charge in [0.05, 0.1) is 15.4 Å². The highest BCUT2D eigenvalue weighted by Crippen LogP contribution is 2.36. The smallest absolute Gasteiger partial charge is 0.263 e. The lowest BCUT2D eigenvalue weighted by atomic mass is 9.75. The summed E-state index contributed by atoms with van der Waals surface area (Å²) >= 11 is 1.20. The molecule has 2 aliphatic heterocycles. The van der Waals surface area contributed by atoms with Crippen molar-refractivity contribution in [2.45, 2.75) is 25.4 Å². The summed E-state index contributed by atoms with van der Waals surface area (Å²) in [6, 6.07) is 3.35. The van der Waals surface area contributed by atoms with Gasteiger partial charge in [0.25, 0.3) is 5.91 Å². The van der Waals surface area contributed by atoms with Crippen LogP contribution in [0.2, 0.25) is 0 Å². The van der Waals surface area contributed by atoms with Crippen molar-refractivity contribution < 1.29 is 24.2 Å². The summed E-state index contributed by atoms with van der Waals surface area (Å²) in [6.45, 7) is 3.32. The molecule has 0 aromatic carbocycles. The van der Waals surface area contributed by atoms with Gasteiger partial charge in [0.15, 0.2) is 5.78 Å². The molecule has 0 spiro atoms. The Kier molecular flexibility index (Phi) is 5.45. The second-order valence-corrected chi connectivity index (χ2v) is 8.13. The SMILES string of the molecule is COCC(=O)N1CC[C@]2(O)CCN(C(=O)c3ccc(C(C)=O)s3)C[C@@H]2C1. The summed E-state index contributed by atoms with van der Waals surface area (Å²) in [7, 11) is 1.48. The summed E-state index contributed by atoms with van der Waals surface area (Å²) in [5, 5.41) is 10.9. The van der Waals surface area contributed by atoms with Gasteiger partial charge < -0.3 is 19.6 Å². The molecule has 0 aliphatic carbocycles. The lowest BCUT2D eigenvalue weighted by Crippen LogP contribution is -2.61. The Hall–Kier alpha value is -1.77. The zero-order valence-corrected chi connectivity index (χ0v) is 15.9. The quantitative estimate of drug-likeness (QED) is 0.788. The van der Waals surface area contributed by atoms with Gasteiger partial charge >= 0.3 is 0 Å². The molecule has 0 unspecified atom stereocenters. The predicted molar refractivity (Wildman–Crippen MR) is 96.4 cm³/mol. The number of nitrogens with zero attached hydrogens (tertiary/aromatic N) is 2. The third kappa shape index (κ3) is 3.67. The van der Waals surface area contributed by atoms with E-state index in [0.717, 1.165) is 0 Å². The number of Topliss-reactive ketones (excluding diaryl/α,β-unsaturated/α-hetero) is 1. The molecule has 7 nitrogen and oxygen atoms in total. The average molecular weight is 380 g/mol. The predicted octanol–water partition coefficient (Wildman–Crippen LogP) is 1.02. The number of ether oxygens (including phenoxy) is 1. The highest BCUT2D eigenvalue weighted by Gasteiger charge is 2.46. The number of hydrogen-bond acceptors (Lipinski definition) is 6. The standard InChI is InChI=1S/C18H24N2O5S/c1-12(21)14-3-4-15(26-14)17(23)20-8-6-18(24)5-7-19(9-13(18)10-20)16(22)11-25-2/h3-4,13,24H,5-11H2,1-2H3/t13-,18-/m0/s1. The summed E-state index contributed by atoms with van der Waals surface area (Å²) in [4.78, 5) is 40.8. The molecule has 2 aliphatic rings. The minimum absolute atomic E-state index is 0.0246. The van der Waals surface area contributed by atoms with Crippen LogP contribution in [0.1, 0.15) is 39.1 Å². The van der Waals surface area contributed by atoms with Gasteiger partial charge in [-0.25, -0.2) is 0 Å². The topological polar surface area (TPSA) is 87.2 Å². The number of amides is 2. The molecule has 8 heteroatoms. The van der Waals surface area contributed by atoms with Gasteiger partial charge in [0.2, 0.25) is 5.91 Å². The number of likely N-dealkylation sites (tertiary alicyclic amines) is 2. The van der Waals surface area contributed by atoms with E-state index in [9.17, 15) is 19.5 Å². The molecule has 142 valence electrons. The van der Waals surface area contributed by atoms with Crippen molar-refractivity contribution >= 4 is 28.9 Å². The second kappa shape index (κ2) is 7.46. The van der Waals surface area contributed by atoms with Crippen molar-refractivity contribution in [2.75, 3.05) is 39.9 Å². The Balaban J connectivity index is 1.70. The van der Waals surface area contributed by atoms with E-state index in [0.29, 0.717) is 48.8 Å². The zero-order chi connectivity index (χ0) is 18.9. The molecule has 3 rings (SSSR count). The van der Waals surface area contributed by atoms with Crippen LogP contribution in [-0.2, 0) is 9.53 Å². The van der Waals surface area contributed by atoms with Crippen molar-refractivity contribution in [2.24, 2.45) is 5.92 Å². The average Bonchev–Trinajstić information content (AvgIpc) is 3.10. The maximum atomic E-state index is 12.8. The van der Waals surface area contributed by atoms with Gasteiger partial charge in [-0.3, -0.25) is 14.4 Å². The fraction of sp³-hybridized carbons (Fsp3) is 0.611. The Labute approximate surface area is 156 Å². The van der Waals surface area contributed by atoms with Gasteiger partial charge in [-0.15, -0.1) is 11.3 Å². The highest BCUT2D eigenvalue weighted by atomic mass is 32.1. The molecule has 0 radical (unpaired) electrons. The molecular formula is C18H24N2O5S. The first-order valence-electron chi connectivity index (χ1n) is 8.73. The van der Waals surface area contributed by atoms with E-state index in [1.807, 2.05) is 0 Å². The first-order chi connectivity index (χ1) is 12.3. The first kappa shape index (κ1) is 19.0. The number of piperidine rings is 2. The Morgan fingerprint density at radius 2 is 1.81 bits per heavy atom. The lowest BCUT2D eigenvalue weighted by Gasteiger charge is -2.50. The minimum atomic E-state index is -0.833. The van der Waals surface area contributed by atoms with Gasteiger partial charge in [-0.1, -0.05) is 0 Å². The van der Waals surface area contributed by atoms with Crippen molar-refractivity contribution in [3.05, 3.63) is 21.9 Å². The normalized spacial score (nSPS) is 25.7. The van der Waals surface area contributed by atoms with Crippen LogP contribution in [0.3, 0.4) is 0 Å². The molecule has 1 aromatic rings. The van der Waals surface area contributed by atoms with Gasteiger partial charge in [-0.2, -0.15) is 0 Å². The largest absolute Gasteiger partial charge is 0.389 e. The maximum absolute atomic E-state index is 12.8. The Morgan fingerprint density at radius 1 is 1.19 bits per heavy atom. The number of rotatable bonds is 4. The van der Waals surface area contributed by atoms with Crippen LogP contribution in [0.15, 0.2) is 12.1 Å². The van der Waals surface area contributed by atoms with Crippen LogP contribution < -0.4 is 0 Å². The van der Waals surface area contributed by atoms with Gasteiger partial charge in [0, 0.05) is 39.2 Å². The number of aliphatic hydroxyl groups is 1. The van der Waals surface area contributed by atoms with Crippen LogP contribution in [0.4, 0.5) is 0 Å². The van der Waals surface area contributed by atoms with Crippen LogP contribution in [0.25, 0.3) is 0 Å². The number of ketones is 1. The van der Waals surface area contributed by atoms with Crippen molar-refractivity contribution in [1.82, 2.24) is 9.80 Å². The summed E-state index contributed by atoms with van der Waals surface area (Å²) in [5.74, 6) is -0.448. The summed E-state index contributed by atoms with van der Waals surface area (Å²) < 4.78 is 4.91. The zero-order valence-electron chi connectivity index (χ0n) is 15.1.